The summed E-state index contributed by atoms with van der Waals surface area (Å²) in [6, 6.07) is 11.3. The second-order valence-corrected chi connectivity index (χ2v) is 10.9. The number of carbonyl (C=O) groups excluding carboxylic acids is 1. The van der Waals surface area contributed by atoms with Gasteiger partial charge in [0.1, 0.15) is 0 Å². The van der Waals surface area contributed by atoms with Crippen molar-refractivity contribution >= 4 is 35.1 Å². The fraction of sp³-hybridized carbons (Fsp3) is 0.364. The molecule has 212 valence electrons. The van der Waals surface area contributed by atoms with Crippen LogP contribution in [0.2, 0.25) is 0 Å². The zero-order chi connectivity index (χ0) is 29.6. The van der Waals surface area contributed by atoms with Crippen LogP contribution in [-0.2, 0) is 22.5 Å². The first-order valence-corrected chi connectivity index (χ1v) is 13.6. The molecule has 7 nitrogen and oxygen atoms in total. The molecular weight excluding hydrogens is 500 g/mol. The number of aromatic nitrogens is 3. The van der Waals surface area contributed by atoms with E-state index in [1.54, 1.807) is 26.8 Å². The smallest absolute Gasteiger partial charge is 0.292 e. The van der Waals surface area contributed by atoms with Crippen molar-refractivity contribution in [1.29, 1.82) is 0 Å². The molecule has 0 unspecified atom stereocenters. The summed E-state index contributed by atoms with van der Waals surface area (Å²) in [5.74, 6) is 0.755. The van der Waals surface area contributed by atoms with Gasteiger partial charge in [0.25, 0.3) is 6.47 Å². The van der Waals surface area contributed by atoms with Crippen LogP contribution < -0.4 is 4.90 Å². The molecule has 2 aromatic heterocycles. The van der Waals surface area contributed by atoms with Crippen LogP contribution in [0.25, 0.3) is 28.1 Å². The Hall–Kier alpha value is -3.97. The van der Waals surface area contributed by atoms with Crippen LogP contribution in [0.5, 0.6) is 0 Å². The lowest BCUT2D eigenvalue weighted by Crippen LogP contribution is -2.30. The molecule has 0 saturated heterocycles. The van der Waals surface area contributed by atoms with Crippen LogP contribution in [0, 0.1) is 20.8 Å². The van der Waals surface area contributed by atoms with E-state index in [0.29, 0.717) is 6.47 Å². The van der Waals surface area contributed by atoms with Crippen molar-refractivity contribution < 1.29 is 14.6 Å². The molecule has 1 N–H and O–H groups in total. The molecule has 2 aromatic carbocycles. The normalized spacial score (nSPS) is 12.2. The second-order valence-electron chi connectivity index (χ2n) is 10.9. The molecule has 4 aromatic rings. The summed E-state index contributed by atoms with van der Waals surface area (Å²) in [7, 11) is 1.31. The fourth-order valence-corrected chi connectivity index (χ4v) is 4.99. The van der Waals surface area contributed by atoms with E-state index in [1.807, 2.05) is 12.4 Å². The molecule has 0 radical (unpaired) electrons. The van der Waals surface area contributed by atoms with Gasteiger partial charge in [0.2, 0.25) is 5.95 Å². The number of aryl methyl sites for hydroxylation is 2. The number of ether oxygens (including phenoxy) is 1. The molecule has 5 rings (SSSR count). The molecule has 7 heteroatoms. The predicted octanol–water partition coefficient (Wildman–Crippen LogP) is 6.95. The first-order chi connectivity index (χ1) is 18.9. The van der Waals surface area contributed by atoms with E-state index in [1.165, 1.54) is 57.2 Å². The van der Waals surface area contributed by atoms with Crippen LogP contribution in [0.1, 0.15) is 55.6 Å². The third-order valence-corrected chi connectivity index (χ3v) is 6.65. The maximum Gasteiger partial charge on any atom is 0.292 e. The minimum absolute atomic E-state index is 0.375. The number of rotatable bonds is 5. The average Bonchev–Trinajstić information content (AvgIpc) is 3.26. The maximum absolute atomic E-state index is 8.95. The summed E-state index contributed by atoms with van der Waals surface area (Å²) >= 11 is 0. The van der Waals surface area contributed by atoms with Gasteiger partial charge in [0.05, 0.1) is 23.9 Å². The largest absolute Gasteiger partial charge is 0.471 e. The lowest BCUT2D eigenvalue weighted by atomic mass is 9.89. The SMILES string of the molecule is C=Cc1cnc(N2CCn3c(C)cc4c(-c5ccc(C)cc5)c(CC)c(C)c2c43)nc1.CC(C)(C)O.COC=O. The van der Waals surface area contributed by atoms with Crippen LogP contribution in [0.15, 0.2) is 49.3 Å². The van der Waals surface area contributed by atoms with Gasteiger partial charge in [-0.25, -0.2) is 9.97 Å². The van der Waals surface area contributed by atoms with E-state index < -0.39 is 5.60 Å². The van der Waals surface area contributed by atoms with E-state index >= 15 is 0 Å². The number of carbonyl (C=O) groups is 1. The molecule has 0 aliphatic carbocycles. The highest BCUT2D eigenvalue weighted by Gasteiger charge is 2.29. The highest BCUT2D eigenvalue weighted by atomic mass is 16.5. The van der Waals surface area contributed by atoms with Gasteiger partial charge in [0, 0.05) is 42.1 Å². The van der Waals surface area contributed by atoms with E-state index in [9.17, 15) is 0 Å². The third kappa shape index (κ3) is 6.77. The number of nitrogens with zero attached hydrogens (tertiary/aromatic N) is 4. The molecular formula is C33H42N4O3. The lowest BCUT2D eigenvalue weighted by Gasteiger charge is -2.33. The van der Waals surface area contributed by atoms with E-state index in [-0.39, 0.29) is 0 Å². The number of anilines is 2. The Morgan fingerprint density at radius 3 is 2.15 bits per heavy atom. The van der Waals surface area contributed by atoms with Gasteiger partial charge in [0.15, 0.2) is 0 Å². The van der Waals surface area contributed by atoms with Crippen molar-refractivity contribution in [2.75, 3.05) is 18.6 Å². The second kappa shape index (κ2) is 12.9. The predicted molar refractivity (Wildman–Crippen MR) is 165 cm³/mol. The Balaban J connectivity index is 0.000000429. The lowest BCUT2D eigenvalue weighted by molar-refractivity contribution is -0.126. The molecule has 40 heavy (non-hydrogen) atoms. The first kappa shape index (κ1) is 30.6. The van der Waals surface area contributed by atoms with Crippen molar-refractivity contribution in [1.82, 2.24) is 14.5 Å². The van der Waals surface area contributed by atoms with Crippen molar-refractivity contribution in [2.45, 2.75) is 67.0 Å². The Kier molecular flexibility index (Phi) is 9.88. The molecule has 1 aliphatic rings. The van der Waals surface area contributed by atoms with Gasteiger partial charge >= 0.3 is 0 Å². The van der Waals surface area contributed by atoms with E-state index in [4.69, 9.17) is 9.90 Å². The van der Waals surface area contributed by atoms with Gasteiger partial charge in [-0.15, -0.1) is 0 Å². The van der Waals surface area contributed by atoms with Crippen molar-refractivity contribution in [2.24, 2.45) is 0 Å². The van der Waals surface area contributed by atoms with Crippen LogP contribution in [-0.4, -0.2) is 45.4 Å². The molecule has 3 heterocycles. The highest BCUT2D eigenvalue weighted by Crippen LogP contribution is 2.46. The summed E-state index contributed by atoms with van der Waals surface area (Å²) in [5.41, 5.74) is 10.9. The first-order valence-electron chi connectivity index (χ1n) is 13.6. The molecule has 0 amide bonds. The fourth-order valence-electron chi connectivity index (χ4n) is 4.99. The quantitative estimate of drug-likeness (QED) is 0.275. The Morgan fingerprint density at radius 1 is 1.07 bits per heavy atom. The molecule has 0 bridgehead atoms. The van der Waals surface area contributed by atoms with Crippen molar-refractivity contribution in [3.8, 4) is 11.1 Å². The summed E-state index contributed by atoms with van der Waals surface area (Å²) < 4.78 is 6.32. The third-order valence-electron chi connectivity index (χ3n) is 6.65. The zero-order valence-corrected chi connectivity index (χ0v) is 25.1. The molecule has 0 atom stereocenters. The molecule has 0 saturated carbocycles. The minimum Gasteiger partial charge on any atom is -0.471 e. The number of hydrogen-bond donors (Lipinski definition) is 1. The Morgan fingerprint density at radius 2 is 1.65 bits per heavy atom. The van der Waals surface area contributed by atoms with Gasteiger partial charge in [-0.3, -0.25) is 4.79 Å². The summed E-state index contributed by atoms with van der Waals surface area (Å²) in [5, 5.41) is 9.85. The van der Waals surface area contributed by atoms with Crippen LogP contribution >= 0.6 is 0 Å². The van der Waals surface area contributed by atoms with Gasteiger partial charge < -0.3 is 19.3 Å². The molecule has 1 aliphatic heterocycles. The van der Waals surface area contributed by atoms with Crippen LogP contribution in [0.4, 0.5) is 11.6 Å². The van der Waals surface area contributed by atoms with E-state index in [0.717, 1.165) is 31.0 Å². The number of aliphatic hydroxyl groups is 1. The van der Waals surface area contributed by atoms with Gasteiger partial charge in [-0.2, -0.15) is 0 Å². The topological polar surface area (TPSA) is 80.5 Å². The van der Waals surface area contributed by atoms with E-state index in [2.05, 4.69) is 88.8 Å². The summed E-state index contributed by atoms with van der Waals surface area (Å²) in [4.78, 5) is 20.6. The summed E-state index contributed by atoms with van der Waals surface area (Å²) in [6.07, 6.45) is 6.46. The average molecular weight is 543 g/mol. The maximum atomic E-state index is 8.95. The highest BCUT2D eigenvalue weighted by molar-refractivity contribution is 6.07. The molecule has 0 spiro atoms. The van der Waals surface area contributed by atoms with Crippen LogP contribution in [0.3, 0.4) is 0 Å². The number of hydrogen-bond acceptors (Lipinski definition) is 6. The Labute approximate surface area is 238 Å². The van der Waals surface area contributed by atoms with Gasteiger partial charge in [-0.1, -0.05) is 49.4 Å². The van der Waals surface area contributed by atoms with Crippen molar-refractivity contribution in [3.05, 3.63) is 77.3 Å². The monoisotopic (exact) mass is 542 g/mol. The molecule has 0 fully saturated rings. The van der Waals surface area contributed by atoms with Gasteiger partial charge in [-0.05, 0) is 76.3 Å². The number of methoxy groups -OCH3 is 1. The van der Waals surface area contributed by atoms with Crippen molar-refractivity contribution in [3.63, 3.8) is 0 Å². The number of benzene rings is 2. The Bertz CT molecular complexity index is 1460. The summed E-state index contributed by atoms with van der Waals surface area (Å²) in [6.45, 7) is 20.1. The minimum atomic E-state index is -0.500. The standard InChI is InChI=1S/C27H28N4.C4H10O.C2H4O2/c1-6-20-15-28-27(29-16-20)31-13-12-30-18(4)14-23-24(21-10-8-17(3)9-11-21)22(7-2)19(5)25(31)26(23)30;1-4(2,3)5;1-4-2-3/h6,8-11,14-16H,1,7,12-13H2,2-5H3;5H,1-3H3;2H,1H3. The zero-order valence-electron chi connectivity index (χ0n) is 25.1.